The zero-order valence-corrected chi connectivity index (χ0v) is 31.7. The van der Waals surface area contributed by atoms with Crippen LogP contribution in [0.4, 0.5) is 15.3 Å². The molecular weight excluding hydrogens is 781 g/mol. The van der Waals surface area contributed by atoms with Crippen LogP contribution in [0.2, 0.25) is 10.0 Å². The van der Waals surface area contributed by atoms with Crippen LogP contribution < -0.4 is 10.6 Å². The molecule has 0 radical (unpaired) electrons. The fourth-order valence-corrected chi connectivity index (χ4v) is 7.64. The molecule has 4 amide bonds. The third-order valence-corrected chi connectivity index (χ3v) is 11.8. The summed E-state index contributed by atoms with van der Waals surface area (Å²) in [6, 6.07) is 17.2. The number of benzene rings is 3. The Morgan fingerprint density at radius 1 is 1.04 bits per heavy atom. The topological polar surface area (TPSA) is 85.7 Å². The number of carbonyl (C=O) groups is 2. The Labute approximate surface area is 308 Å². The number of carbonyl (C=O) groups excluding carboxylic acids is 2. The Hall–Kier alpha value is -2.83. The van der Waals surface area contributed by atoms with Gasteiger partial charge in [0.25, 0.3) is 0 Å². The lowest BCUT2D eigenvalue weighted by Gasteiger charge is -2.38. The molecule has 2 N–H and O–H groups in total. The molecule has 48 heavy (non-hydrogen) atoms. The van der Waals surface area contributed by atoms with E-state index < -0.39 is 6.04 Å². The number of anilines is 1. The summed E-state index contributed by atoms with van der Waals surface area (Å²) in [5.41, 5.74) is 4.69. The summed E-state index contributed by atoms with van der Waals surface area (Å²) in [4.78, 5) is 38.2. The third-order valence-electron chi connectivity index (χ3n) is 9.17. The number of hydrogen-bond donors (Lipinski definition) is 2. The highest BCUT2D eigenvalue weighted by Crippen LogP contribution is 2.33. The van der Waals surface area contributed by atoms with E-state index in [0.717, 1.165) is 62.0 Å². The average Bonchev–Trinajstić information content (AvgIpc) is 3.29. The van der Waals surface area contributed by atoms with Crippen molar-refractivity contribution in [3.63, 3.8) is 0 Å². The van der Waals surface area contributed by atoms with Crippen molar-refractivity contribution in [2.45, 2.75) is 50.7 Å². The van der Waals surface area contributed by atoms with Gasteiger partial charge in [0.1, 0.15) is 5.82 Å². The standard InChI is InChI=1S/C35H39Br2Cl2N7O2/c1-43(2)13-5-14-46-32-21-28(39)27(38)20-30(32)40-33(46)31(19-22-8-9-25(36)26(37)18-22)42-34(47)44-15-11-24(12-16-44)45-17-10-23-6-3-4-7-29(23)41-35(45)48/h3-4,6-9,18,20-21,24,31H,5,10-17,19H2,1-2H3,(H,41,48)(H,42,47). The summed E-state index contributed by atoms with van der Waals surface area (Å²) in [7, 11) is 4.11. The lowest BCUT2D eigenvalue weighted by Crippen LogP contribution is -2.52. The number of likely N-dealkylation sites (tertiary alicyclic amines) is 1. The van der Waals surface area contributed by atoms with Crippen molar-refractivity contribution in [1.29, 1.82) is 0 Å². The monoisotopic (exact) mass is 817 g/mol. The smallest absolute Gasteiger partial charge is 0.322 e. The molecule has 2 aliphatic rings. The summed E-state index contributed by atoms with van der Waals surface area (Å²) < 4.78 is 4.06. The van der Waals surface area contributed by atoms with Crippen molar-refractivity contribution >= 4 is 83.8 Å². The van der Waals surface area contributed by atoms with Gasteiger partial charge in [0, 0.05) is 46.9 Å². The predicted molar refractivity (Wildman–Crippen MR) is 200 cm³/mol. The van der Waals surface area contributed by atoms with Crippen LogP contribution >= 0.6 is 55.1 Å². The normalized spacial score (nSPS) is 16.2. The van der Waals surface area contributed by atoms with Crippen molar-refractivity contribution in [3.8, 4) is 0 Å². The van der Waals surface area contributed by atoms with Crippen LogP contribution in [0.3, 0.4) is 0 Å². The van der Waals surface area contributed by atoms with Gasteiger partial charge in [0.15, 0.2) is 0 Å². The zero-order chi connectivity index (χ0) is 33.9. The summed E-state index contributed by atoms with van der Waals surface area (Å²) in [6.45, 7) is 3.35. The van der Waals surface area contributed by atoms with E-state index in [4.69, 9.17) is 28.2 Å². The molecule has 9 nitrogen and oxygen atoms in total. The van der Waals surface area contributed by atoms with Gasteiger partial charge in [-0.05, 0) is 126 Å². The Morgan fingerprint density at radius 3 is 2.54 bits per heavy atom. The molecule has 254 valence electrons. The minimum absolute atomic E-state index is 0.0645. The van der Waals surface area contributed by atoms with E-state index in [1.54, 1.807) is 6.07 Å². The van der Waals surface area contributed by atoms with Crippen LogP contribution in [0.15, 0.2) is 63.5 Å². The molecule has 3 aromatic carbocycles. The Balaban J connectivity index is 1.23. The maximum atomic E-state index is 14.0. The highest BCUT2D eigenvalue weighted by molar-refractivity contribution is 9.13. The number of amides is 4. The first-order chi connectivity index (χ1) is 23.1. The van der Waals surface area contributed by atoms with E-state index in [0.29, 0.717) is 55.5 Å². The fourth-order valence-electron chi connectivity index (χ4n) is 6.65. The first-order valence-corrected chi connectivity index (χ1v) is 18.6. The number of piperidine rings is 1. The predicted octanol–water partition coefficient (Wildman–Crippen LogP) is 8.37. The summed E-state index contributed by atoms with van der Waals surface area (Å²) in [5, 5.41) is 7.33. The van der Waals surface area contributed by atoms with Gasteiger partial charge in [-0.25, -0.2) is 14.6 Å². The fraction of sp³-hybridized carbons (Fsp3) is 0.400. The molecule has 13 heteroatoms. The number of urea groups is 2. The molecule has 1 saturated heterocycles. The molecule has 3 heterocycles. The second-order valence-corrected chi connectivity index (χ2v) is 15.3. The molecule has 0 saturated carbocycles. The molecule has 1 aromatic heterocycles. The molecule has 1 fully saturated rings. The van der Waals surface area contributed by atoms with Gasteiger partial charge in [-0.3, -0.25) is 0 Å². The van der Waals surface area contributed by atoms with E-state index >= 15 is 0 Å². The third kappa shape index (κ3) is 7.97. The first-order valence-electron chi connectivity index (χ1n) is 16.2. The van der Waals surface area contributed by atoms with Crippen molar-refractivity contribution < 1.29 is 9.59 Å². The molecule has 2 aliphatic heterocycles. The molecular formula is C35H39Br2Cl2N7O2. The molecule has 0 aliphatic carbocycles. The highest BCUT2D eigenvalue weighted by Gasteiger charge is 2.33. The van der Waals surface area contributed by atoms with Gasteiger partial charge < -0.3 is 29.9 Å². The second kappa shape index (κ2) is 15.4. The molecule has 1 atom stereocenters. The molecule has 0 spiro atoms. The number of fused-ring (bicyclic) bond motifs is 2. The highest BCUT2D eigenvalue weighted by atomic mass is 79.9. The average molecular weight is 820 g/mol. The van der Waals surface area contributed by atoms with E-state index in [1.807, 2.05) is 40.1 Å². The largest absolute Gasteiger partial charge is 0.328 e. The van der Waals surface area contributed by atoms with Crippen LogP contribution in [-0.2, 0) is 19.4 Å². The van der Waals surface area contributed by atoms with Gasteiger partial charge in [0.2, 0.25) is 0 Å². The SMILES string of the molecule is CN(C)CCCn1c(C(Cc2ccc(Br)c(Br)c2)NC(=O)N2CCC(N3CCc4ccccc4NC3=O)CC2)nc2cc(Cl)c(Cl)cc21. The number of nitrogens with one attached hydrogen (secondary N) is 2. The molecule has 0 bridgehead atoms. The van der Waals surface area contributed by atoms with Crippen LogP contribution in [-0.4, -0.2) is 82.6 Å². The van der Waals surface area contributed by atoms with Crippen LogP contribution in [0.25, 0.3) is 11.0 Å². The number of aromatic nitrogens is 2. The van der Waals surface area contributed by atoms with Crippen LogP contribution in [0, 0.1) is 0 Å². The van der Waals surface area contributed by atoms with Crippen molar-refractivity contribution in [2.24, 2.45) is 0 Å². The zero-order valence-electron chi connectivity index (χ0n) is 27.0. The van der Waals surface area contributed by atoms with Crippen molar-refractivity contribution in [1.82, 2.24) is 29.6 Å². The number of para-hydroxylation sites is 1. The summed E-state index contributed by atoms with van der Waals surface area (Å²) >= 11 is 20.1. The van der Waals surface area contributed by atoms with Crippen molar-refractivity contribution in [3.05, 3.63) is 90.5 Å². The lowest BCUT2D eigenvalue weighted by atomic mass is 10.0. The van der Waals surface area contributed by atoms with Crippen molar-refractivity contribution in [2.75, 3.05) is 45.6 Å². The minimum Gasteiger partial charge on any atom is -0.328 e. The Bertz CT molecular complexity index is 1810. The van der Waals surface area contributed by atoms with E-state index in [2.05, 4.69) is 84.3 Å². The Kier molecular flexibility index (Phi) is 11.2. The molecule has 4 aromatic rings. The minimum atomic E-state index is -0.428. The summed E-state index contributed by atoms with van der Waals surface area (Å²) in [5.74, 6) is 0.755. The maximum absolute atomic E-state index is 14.0. The van der Waals surface area contributed by atoms with E-state index in [9.17, 15) is 9.59 Å². The Morgan fingerprint density at radius 2 is 1.79 bits per heavy atom. The summed E-state index contributed by atoms with van der Waals surface area (Å²) in [6.07, 6.45) is 3.64. The first kappa shape index (κ1) is 35.0. The van der Waals surface area contributed by atoms with E-state index in [1.165, 1.54) is 0 Å². The molecule has 6 rings (SSSR count). The maximum Gasteiger partial charge on any atom is 0.322 e. The lowest BCUT2D eigenvalue weighted by molar-refractivity contribution is 0.133. The van der Waals surface area contributed by atoms with Crippen LogP contribution in [0.5, 0.6) is 0 Å². The molecule has 1 unspecified atom stereocenters. The van der Waals surface area contributed by atoms with E-state index in [-0.39, 0.29) is 18.1 Å². The van der Waals surface area contributed by atoms with Gasteiger partial charge >= 0.3 is 12.1 Å². The van der Waals surface area contributed by atoms with Gasteiger partial charge in [-0.1, -0.05) is 47.5 Å². The number of nitrogens with zero attached hydrogens (tertiary/aromatic N) is 5. The number of hydrogen-bond acceptors (Lipinski definition) is 4. The number of rotatable bonds is 9. The quantitative estimate of drug-likeness (QED) is 0.178. The van der Waals surface area contributed by atoms with Gasteiger partial charge in [-0.15, -0.1) is 0 Å². The van der Waals surface area contributed by atoms with Gasteiger partial charge in [-0.2, -0.15) is 0 Å². The number of halogens is 4. The van der Waals surface area contributed by atoms with Crippen LogP contribution in [0.1, 0.15) is 42.3 Å². The number of aryl methyl sites for hydroxylation is 1. The van der Waals surface area contributed by atoms with Gasteiger partial charge in [0.05, 0.1) is 27.1 Å². The number of imidazole rings is 1. The second-order valence-electron chi connectivity index (χ2n) is 12.7.